The lowest BCUT2D eigenvalue weighted by Gasteiger charge is -2.30. The van der Waals surface area contributed by atoms with Gasteiger partial charge in [-0.05, 0) is 25.1 Å². The number of aromatic nitrogens is 2. The first-order valence-corrected chi connectivity index (χ1v) is 9.47. The third kappa shape index (κ3) is 7.88. The normalized spacial score (nSPS) is 12.5. The number of guanidine groups is 1. The Hall–Kier alpha value is -1.61. The molecule has 1 atom stereocenters. The van der Waals surface area contributed by atoms with Gasteiger partial charge in [-0.3, -0.25) is 9.89 Å². The van der Waals surface area contributed by atoms with E-state index >= 15 is 0 Å². The Morgan fingerprint density at radius 3 is 2.52 bits per heavy atom. The first-order chi connectivity index (χ1) is 12.8. The van der Waals surface area contributed by atoms with Crippen LogP contribution in [-0.2, 0) is 6.54 Å². The highest BCUT2D eigenvalue weighted by atomic mass is 127. The lowest BCUT2D eigenvalue weighted by Crippen LogP contribution is -2.43. The highest BCUT2D eigenvalue weighted by molar-refractivity contribution is 14.0. The topological polar surface area (TPSA) is 57.5 Å². The SMILES string of the molecule is CCN(CC)C(CNC(=NC)NCCCn1ccnc1)c1ccccc1.I. The summed E-state index contributed by atoms with van der Waals surface area (Å²) in [6.07, 6.45) is 6.67. The molecule has 7 heteroatoms. The lowest BCUT2D eigenvalue weighted by atomic mass is 10.1. The molecule has 1 aromatic carbocycles. The molecule has 27 heavy (non-hydrogen) atoms. The minimum absolute atomic E-state index is 0. The van der Waals surface area contributed by atoms with Gasteiger partial charge in [0, 0.05) is 39.1 Å². The summed E-state index contributed by atoms with van der Waals surface area (Å²) in [6, 6.07) is 11.0. The van der Waals surface area contributed by atoms with Crippen molar-refractivity contribution in [3.63, 3.8) is 0 Å². The van der Waals surface area contributed by atoms with E-state index < -0.39 is 0 Å². The fourth-order valence-corrected chi connectivity index (χ4v) is 3.10. The molecular weight excluding hydrogens is 451 g/mol. The van der Waals surface area contributed by atoms with Gasteiger partial charge < -0.3 is 15.2 Å². The average Bonchev–Trinajstić information content (AvgIpc) is 3.20. The van der Waals surface area contributed by atoms with Crippen molar-refractivity contribution in [2.75, 3.05) is 33.2 Å². The molecule has 0 aliphatic carbocycles. The smallest absolute Gasteiger partial charge is 0.191 e. The molecule has 0 radical (unpaired) electrons. The quantitative estimate of drug-likeness (QED) is 0.236. The number of rotatable bonds is 10. The van der Waals surface area contributed by atoms with Crippen LogP contribution in [-0.4, -0.2) is 53.6 Å². The van der Waals surface area contributed by atoms with Gasteiger partial charge in [-0.25, -0.2) is 4.98 Å². The Morgan fingerprint density at radius 2 is 1.93 bits per heavy atom. The van der Waals surface area contributed by atoms with Crippen LogP contribution in [0.5, 0.6) is 0 Å². The summed E-state index contributed by atoms with van der Waals surface area (Å²) in [4.78, 5) is 10.9. The third-order valence-corrected chi connectivity index (χ3v) is 4.57. The summed E-state index contributed by atoms with van der Waals surface area (Å²) < 4.78 is 2.09. The number of imidazole rings is 1. The zero-order valence-corrected chi connectivity index (χ0v) is 19.0. The standard InChI is InChI=1S/C20H32N6.HI/c1-4-26(5-2)19(18-10-7-6-8-11-18)16-24-20(21-3)23-12-9-14-25-15-13-22-17-25;/h6-8,10-11,13,15,17,19H,4-5,9,12,14,16H2,1-3H3,(H2,21,23,24);1H. The molecule has 1 heterocycles. The molecule has 6 nitrogen and oxygen atoms in total. The molecule has 0 fully saturated rings. The van der Waals surface area contributed by atoms with Gasteiger partial charge in [0.15, 0.2) is 5.96 Å². The highest BCUT2D eigenvalue weighted by Gasteiger charge is 2.17. The van der Waals surface area contributed by atoms with E-state index in [-0.39, 0.29) is 24.0 Å². The second-order valence-corrected chi connectivity index (χ2v) is 6.18. The Kier molecular flexibility index (Phi) is 11.8. The van der Waals surface area contributed by atoms with Gasteiger partial charge in [0.05, 0.1) is 12.4 Å². The van der Waals surface area contributed by atoms with Crippen LogP contribution < -0.4 is 10.6 Å². The van der Waals surface area contributed by atoms with Crippen LogP contribution in [0.25, 0.3) is 0 Å². The number of aryl methyl sites for hydroxylation is 1. The number of nitrogens with zero attached hydrogens (tertiary/aromatic N) is 4. The molecule has 0 saturated heterocycles. The predicted molar refractivity (Wildman–Crippen MR) is 124 cm³/mol. The summed E-state index contributed by atoms with van der Waals surface area (Å²) in [5.41, 5.74) is 1.33. The largest absolute Gasteiger partial charge is 0.356 e. The zero-order valence-electron chi connectivity index (χ0n) is 16.6. The van der Waals surface area contributed by atoms with Gasteiger partial charge in [-0.15, -0.1) is 24.0 Å². The van der Waals surface area contributed by atoms with E-state index in [1.807, 2.05) is 25.8 Å². The van der Waals surface area contributed by atoms with Crippen LogP contribution in [0.4, 0.5) is 0 Å². The first-order valence-electron chi connectivity index (χ1n) is 9.47. The molecular formula is C20H33IN6. The number of benzene rings is 1. The molecule has 1 unspecified atom stereocenters. The van der Waals surface area contributed by atoms with Crippen LogP contribution in [0.2, 0.25) is 0 Å². The molecule has 2 N–H and O–H groups in total. The molecule has 2 rings (SSSR count). The first kappa shape index (κ1) is 23.4. The summed E-state index contributed by atoms with van der Waals surface area (Å²) in [7, 11) is 1.82. The van der Waals surface area contributed by atoms with E-state index in [4.69, 9.17) is 0 Å². The minimum atomic E-state index is 0. The minimum Gasteiger partial charge on any atom is -0.356 e. The fraction of sp³-hybridized carbons (Fsp3) is 0.500. The molecule has 0 aliphatic heterocycles. The van der Waals surface area contributed by atoms with Crippen molar-refractivity contribution in [3.05, 3.63) is 54.6 Å². The monoisotopic (exact) mass is 484 g/mol. The van der Waals surface area contributed by atoms with Crippen LogP contribution in [0.1, 0.15) is 31.9 Å². The van der Waals surface area contributed by atoms with Crippen molar-refractivity contribution in [1.82, 2.24) is 25.1 Å². The number of halogens is 1. The van der Waals surface area contributed by atoms with Crippen molar-refractivity contribution in [1.29, 1.82) is 0 Å². The molecule has 150 valence electrons. The maximum Gasteiger partial charge on any atom is 0.191 e. The zero-order chi connectivity index (χ0) is 18.6. The van der Waals surface area contributed by atoms with Gasteiger partial charge in [0.1, 0.15) is 0 Å². The van der Waals surface area contributed by atoms with E-state index in [1.54, 1.807) is 0 Å². The van der Waals surface area contributed by atoms with Gasteiger partial charge in [0.25, 0.3) is 0 Å². The summed E-state index contributed by atoms with van der Waals surface area (Å²) in [5.74, 6) is 0.851. The second-order valence-electron chi connectivity index (χ2n) is 6.18. The van der Waals surface area contributed by atoms with Gasteiger partial charge in [-0.1, -0.05) is 44.2 Å². The highest BCUT2D eigenvalue weighted by Crippen LogP contribution is 2.19. The van der Waals surface area contributed by atoms with Crippen molar-refractivity contribution < 1.29 is 0 Å². The molecule has 0 aliphatic rings. The number of aliphatic imine (C=N–C) groups is 1. The number of hydrogen-bond acceptors (Lipinski definition) is 3. The van der Waals surface area contributed by atoms with E-state index in [0.717, 1.165) is 45.1 Å². The van der Waals surface area contributed by atoms with Crippen LogP contribution in [0, 0.1) is 0 Å². The van der Waals surface area contributed by atoms with Gasteiger partial charge >= 0.3 is 0 Å². The van der Waals surface area contributed by atoms with Crippen LogP contribution >= 0.6 is 24.0 Å². The van der Waals surface area contributed by atoms with E-state index in [0.29, 0.717) is 6.04 Å². The maximum atomic E-state index is 4.36. The molecule has 1 aromatic heterocycles. The molecule has 0 spiro atoms. The van der Waals surface area contributed by atoms with Crippen molar-refractivity contribution >= 4 is 29.9 Å². The van der Waals surface area contributed by atoms with Gasteiger partial charge in [-0.2, -0.15) is 0 Å². The number of likely N-dealkylation sites (N-methyl/N-ethyl adjacent to an activating group) is 1. The Bertz CT molecular complexity index is 625. The van der Waals surface area contributed by atoms with E-state index in [2.05, 4.69) is 74.3 Å². The maximum absolute atomic E-state index is 4.36. The lowest BCUT2D eigenvalue weighted by molar-refractivity contribution is 0.219. The van der Waals surface area contributed by atoms with Crippen LogP contribution in [0.15, 0.2) is 54.0 Å². The summed E-state index contributed by atoms with van der Waals surface area (Å²) >= 11 is 0. The molecule has 0 saturated carbocycles. The van der Waals surface area contributed by atoms with Crippen molar-refractivity contribution in [3.8, 4) is 0 Å². The van der Waals surface area contributed by atoms with Crippen LogP contribution in [0.3, 0.4) is 0 Å². The van der Waals surface area contributed by atoms with E-state index in [9.17, 15) is 0 Å². The second kappa shape index (κ2) is 13.5. The van der Waals surface area contributed by atoms with Crippen molar-refractivity contribution in [2.24, 2.45) is 4.99 Å². The molecule has 0 amide bonds. The number of hydrogen-bond donors (Lipinski definition) is 2. The fourth-order valence-electron chi connectivity index (χ4n) is 3.10. The average molecular weight is 484 g/mol. The molecule has 0 bridgehead atoms. The Labute approximate surface area is 180 Å². The van der Waals surface area contributed by atoms with E-state index in [1.165, 1.54) is 5.56 Å². The summed E-state index contributed by atoms with van der Waals surface area (Å²) in [5, 5.41) is 6.89. The Morgan fingerprint density at radius 1 is 1.19 bits per heavy atom. The van der Waals surface area contributed by atoms with Crippen molar-refractivity contribution in [2.45, 2.75) is 32.9 Å². The number of nitrogens with one attached hydrogen (secondary N) is 2. The Balaban J connectivity index is 0.00000364. The third-order valence-electron chi connectivity index (χ3n) is 4.57. The van der Waals surface area contributed by atoms with Gasteiger partial charge in [0.2, 0.25) is 0 Å². The predicted octanol–water partition coefficient (Wildman–Crippen LogP) is 3.14. The molecule has 2 aromatic rings. The summed E-state index contributed by atoms with van der Waals surface area (Å²) in [6.45, 7) is 9.12.